The number of ether oxygens (including phenoxy) is 1. The first-order valence-corrected chi connectivity index (χ1v) is 6.76. The topological polar surface area (TPSA) is 38.3 Å². The molecule has 1 amide bonds. The Labute approximate surface area is 123 Å². The molecule has 2 aromatic carbocycles. The van der Waals surface area contributed by atoms with Crippen LogP contribution in [0.15, 0.2) is 42.5 Å². The third-order valence-electron chi connectivity index (χ3n) is 3.26. The number of hydrogen-bond donors (Lipinski definition) is 1. The molecular formula is C17H18FNO2. The van der Waals surface area contributed by atoms with E-state index in [9.17, 15) is 9.18 Å². The van der Waals surface area contributed by atoms with Gasteiger partial charge in [-0.25, -0.2) is 4.39 Å². The van der Waals surface area contributed by atoms with Crippen molar-refractivity contribution in [2.24, 2.45) is 0 Å². The van der Waals surface area contributed by atoms with Gasteiger partial charge in [0, 0.05) is 18.4 Å². The number of anilines is 1. The summed E-state index contributed by atoms with van der Waals surface area (Å²) in [6.07, 6.45) is 0.718. The van der Waals surface area contributed by atoms with Crippen molar-refractivity contribution >= 4 is 11.6 Å². The molecule has 0 spiro atoms. The summed E-state index contributed by atoms with van der Waals surface area (Å²) in [6, 6.07) is 11.9. The quantitative estimate of drug-likeness (QED) is 0.913. The lowest BCUT2D eigenvalue weighted by atomic mass is 10.1. The number of aryl methyl sites for hydroxylation is 1. The fourth-order valence-corrected chi connectivity index (χ4v) is 2.05. The molecule has 0 aliphatic carbocycles. The number of benzene rings is 2. The Morgan fingerprint density at radius 2 is 2.00 bits per heavy atom. The van der Waals surface area contributed by atoms with E-state index in [0.717, 1.165) is 17.7 Å². The Balaban J connectivity index is 2.17. The molecule has 0 saturated heterocycles. The number of hydrogen-bond acceptors (Lipinski definition) is 2. The minimum atomic E-state index is -0.313. The van der Waals surface area contributed by atoms with Gasteiger partial charge >= 0.3 is 0 Å². The number of amides is 1. The fourth-order valence-electron chi connectivity index (χ4n) is 2.05. The molecule has 0 heterocycles. The van der Waals surface area contributed by atoms with Gasteiger partial charge in [-0.2, -0.15) is 0 Å². The minimum absolute atomic E-state index is 0.247. The van der Waals surface area contributed by atoms with E-state index in [-0.39, 0.29) is 11.7 Å². The largest absolute Gasteiger partial charge is 0.384 e. The van der Waals surface area contributed by atoms with Crippen molar-refractivity contribution in [2.45, 2.75) is 13.3 Å². The Morgan fingerprint density at radius 1 is 1.24 bits per heavy atom. The molecule has 21 heavy (non-hydrogen) atoms. The van der Waals surface area contributed by atoms with Crippen molar-refractivity contribution in [3.8, 4) is 0 Å². The summed E-state index contributed by atoms with van der Waals surface area (Å²) < 4.78 is 18.3. The lowest BCUT2D eigenvalue weighted by Crippen LogP contribution is -2.14. The highest BCUT2D eigenvalue weighted by Gasteiger charge is 2.10. The molecule has 0 bridgehead atoms. The lowest BCUT2D eigenvalue weighted by Gasteiger charge is -2.11. The molecule has 0 aliphatic heterocycles. The molecule has 3 nitrogen and oxygen atoms in total. The van der Waals surface area contributed by atoms with Crippen LogP contribution in [0.3, 0.4) is 0 Å². The second kappa shape index (κ2) is 6.99. The molecular weight excluding hydrogens is 269 g/mol. The van der Waals surface area contributed by atoms with Gasteiger partial charge in [-0.1, -0.05) is 18.2 Å². The third-order valence-corrected chi connectivity index (χ3v) is 3.26. The first-order chi connectivity index (χ1) is 10.1. The molecule has 110 valence electrons. The standard InChI is InChI=1S/C17H18FNO2/c1-12-11-14(7-8-15(12)18)17(20)19-16-6-4-3-5-13(16)9-10-21-2/h3-8,11H,9-10H2,1-2H3,(H,19,20). The van der Waals surface area contributed by atoms with Crippen LogP contribution < -0.4 is 5.32 Å². The second-order valence-electron chi connectivity index (χ2n) is 4.82. The van der Waals surface area contributed by atoms with Crippen LogP contribution in [0, 0.1) is 12.7 Å². The van der Waals surface area contributed by atoms with E-state index in [1.54, 1.807) is 20.1 Å². The van der Waals surface area contributed by atoms with Crippen LogP contribution >= 0.6 is 0 Å². The number of methoxy groups -OCH3 is 1. The van der Waals surface area contributed by atoms with E-state index >= 15 is 0 Å². The number of halogens is 1. The van der Waals surface area contributed by atoms with E-state index in [4.69, 9.17) is 4.74 Å². The summed E-state index contributed by atoms with van der Waals surface area (Å²) in [5, 5.41) is 2.87. The molecule has 1 N–H and O–H groups in total. The van der Waals surface area contributed by atoms with Crippen LogP contribution in [0.2, 0.25) is 0 Å². The first-order valence-electron chi connectivity index (χ1n) is 6.76. The summed E-state index contributed by atoms with van der Waals surface area (Å²) in [5.41, 5.74) is 2.65. The normalized spacial score (nSPS) is 10.4. The zero-order valence-corrected chi connectivity index (χ0v) is 12.2. The molecule has 0 radical (unpaired) electrons. The summed E-state index contributed by atoms with van der Waals surface area (Å²) in [4.78, 5) is 12.2. The zero-order valence-electron chi connectivity index (χ0n) is 12.2. The summed E-state index contributed by atoms with van der Waals surface area (Å²) >= 11 is 0. The fraction of sp³-hybridized carbons (Fsp3) is 0.235. The highest BCUT2D eigenvalue weighted by Crippen LogP contribution is 2.18. The molecule has 0 aliphatic rings. The average molecular weight is 287 g/mol. The van der Waals surface area contributed by atoms with Crippen LogP contribution in [0.25, 0.3) is 0 Å². The minimum Gasteiger partial charge on any atom is -0.384 e. The Bertz CT molecular complexity index is 640. The van der Waals surface area contributed by atoms with Gasteiger partial charge < -0.3 is 10.1 Å². The second-order valence-corrected chi connectivity index (χ2v) is 4.82. The number of carbonyl (C=O) groups is 1. The summed E-state index contributed by atoms with van der Waals surface area (Å²) in [5.74, 6) is -0.560. The van der Waals surface area contributed by atoms with Crippen molar-refractivity contribution < 1.29 is 13.9 Å². The Morgan fingerprint density at radius 3 is 2.71 bits per heavy atom. The average Bonchev–Trinajstić information content (AvgIpc) is 2.49. The van der Waals surface area contributed by atoms with Crippen LogP contribution in [0.5, 0.6) is 0 Å². The maximum absolute atomic E-state index is 13.2. The molecule has 2 aromatic rings. The SMILES string of the molecule is COCCc1ccccc1NC(=O)c1ccc(F)c(C)c1. The van der Waals surface area contributed by atoms with Gasteiger partial charge in [0.25, 0.3) is 5.91 Å². The van der Waals surface area contributed by atoms with Gasteiger partial charge in [0.15, 0.2) is 0 Å². The van der Waals surface area contributed by atoms with Gasteiger partial charge in [0.1, 0.15) is 5.82 Å². The predicted octanol–water partition coefficient (Wildman–Crippen LogP) is 3.58. The van der Waals surface area contributed by atoms with Crippen molar-refractivity contribution in [3.63, 3.8) is 0 Å². The van der Waals surface area contributed by atoms with Crippen molar-refractivity contribution in [1.82, 2.24) is 0 Å². The predicted molar refractivity (Wildman–Crippen MR) is 81.1 cm³/mol. The van der Waals surface area contributed by atoms with Gasteiger partial charge in [0.05, 0.1) is 6.61 Å². The lowest BCUT2D eigenvalue weighted by molar-refractivity contribution is 0.102. The zero-order chi connectivity index (χ0) is 15.2. The smallest absolute Gasteiger partial charge is 0.255 e. The highest BCUT2D eigenvalue weighted by molar-refractivity contribution is 6.04. The van der Waals surface area contributed by atoms with Crippen LogP contribution in [-0.2, 0) is 11.2 Å². The number of rotatable bonds is 5. The van der Waals surface area contributed by atoms with E-state index < -0.39 is 0 Å². The molecule has 2 rings (SSSR count). The molecule has 0 aromatic heterocycles. The van der Waals surface area contributed by atoms with Crippen molar-refractivity contribution in [2.75, 3.05) is 19.0 Å². The van der Waals surface area contributed by atoms with Crippen molar-refractivity contribution in [1.29, 1.82) is 0 Å². The molecule has 0 atom stereocenters. The summed E-state index contributed by atoms with van der Waals surface area (Å²) in [6.45, 7) is 2.22. The van der Waals surface area contributed by atoms with Crippen LogP contribution in [0.4, 0.5) is 10.1 Å². The highest BCUT2D eigenvalue weighted by atomic mass is 19.1. The van der Waals surface area contributed by atoms with E-state index in [0.29, 0.717) is 17.7 Å². The number of para-hydroxylation sites is 1. The van der Waals surface area contributed by atoms with E-state index in [1.165, 1.54) is 12.1 Å². The molecule has 4 heteroatoms. The molecule has 0 unspecified atom stereocenters. The Kier molecular flexibility index (Phi) is 5.06. The van der Waals surface area contributed by atoms with Crippen LogP contribution in [-0.4, -0.2) is 19.6 Å². The monoisotopic (exact) mass is 287 g/mol. The van der Waals surface area contributed by atoms with Gasteiger partial charge in [-0.3, -0.25) is 4.79 Å². The number of carbonyl (C=O) groups excluding carboxylic acids is 1. The van der Waals surface area contributed by atoms with Crippen LogP contribution in [0.1, 0.15) is 21.5 Å². The van der Waals surface area contributed by atoms with E-state index in [1.807, 2.05) is 24.3 Å². The van der Waals surface area contributed by atoms with Crippen molar-refractivity contribution in [3.05, 3.63) is 65.0 Å². The van der Waals surface area contributed by atoms with Gasteiger partial charge in [-0.05, 0) is 48.7 Å². The third kappa shape index (κ3) is 3.89. The molecule has 0 saturated carbocycles. The summed E-state index contributed by atoms with van der Waals surface area (Å²) in [7, 11) is 1.64. The maximum Gasteiger partial charge on any atom is 0.255 e. The molecule has 0 fully saturated rings. The first kappa shape index (κ1) is 15.2. The number of nitrogens with one attached hydrogen (secondary N) is 1. The van der Waals surface area contributed by atoms with Gasteiger partial charge in [-0.15, -0.1) is 0 Å². The maximum atomic E-state index is 13.2. The van der Waals surface area contributed by atoms with E-state index in [2.05, 4.69) is 5.32 Å². The Hall–Kier alpha value is -2.20. The van der Waals surface area contributed by atoms with Gasteiger partial charge in [0.2, 0.25) is 0 Å².